The maximum Gasteiger partial charge on any atom is 0.257 e. The first kappa shape index (κ1) is 23.8. The van der Waals surface area contributed by atoms with Crippen LogP contribution < -0.4 is 19.5 Å². The predicted molar refractivity (Wildman–Crippen MR) is 130 cm³/mol. The topological polar surface area (TPSA) is 91.8 Å². The van der Waals surface area contributed by atoms with Crippen LogP contribution in [-0.4, -0.2) is 48.1 Å². The highest BCUT2D eigenvalue weighted by molar-refractivity contribution is 7.99. The van der Waals surface area contributed by atoms with E-state index in [1.54, 1.807) is 43.3 Å². The van der Waals surface area contributed by atoms with Gasteiger partial charge in [-0.15, -0.1) is 11.8 Å². The lowest BCUT2D eigenvalue weighted by atomic mass is 10.2. The van der Waals surface area contributed by atoms with Gasteiger partial charge in [0.2, 0.25) is 0 Å². The molecule has 3 aromatic rings. The van der Waals surface area contributed by atoms with E-state index < -0.39 is 0 Å². The SMILES string of the molecule is COCC(C)Oc1cc(Oc2ccc3c(c2)OCCCS3)cc(C(=O)Nc2cnc(C)cn2)c1. The molecule has 9 heteroatoms. The van der Waals surface area contributed by atoms with E-state index >= 15 is 0 Å². The van der Waals surface area contributed by atoms with Crippen molar-refractivity contribution in [3.8, 4) is 23.0 Å². The van der Waals surface area contributed by atoms with E-state index in [0.717, 1.165) is 28.5 Å². The molecule has 1 unspecified atom stereocenters. The van der Waals surface area contributed by atoms with Crippen molar-refractivity contribution in [1.82, 2.24) is 9.97 Å². The molecule has 1 aliphatic rings. The Morgan fingerprint density at radius 2 is 2.00 bits per heavy atom. The molecular weight excluding hydrogens is 454 g/mol. The van der Waals surface area contributed by atoms with Crippen LogP contribution in [0.15, 0.2) is 53.7 Å². The summed E-state index contributed by atoms with van der Waals surface area (Å²) in [5.74, 6) is 3.39. The van der Waals surface area contributed by atoms with Crippen LogP contribution in [0.2, 0.25) is 0 Å². The Morgan fingerprint density at radius 3 is 2.79 bits per heavy atom. The number of hydrogen-bond donors (Lipinski definition) is 1. The van der Waals surface area contributed by atoms with E-state index in [0.29, 0.717) is 41.8 Å². The summed E-state index contributed by atoms with van der Waals surface area (Å²) in [6.45, 7) is 4.80. The molecule has 34 heavy (non-hydrogen) atoms. The fraction of sp³-hybridized carbons (Fsp3) is 0.320. The molecule has 178 valence electrons. The number of carbonyl (C=O) groups excluding carboxylic acids is 1. The van der Waals surface area contributed by atoms with Crippen LogP contribution in [0.1, 0.15) is 29.4 Å². The Bertz CT molecular complexity index is 1140. The number of hydrogen-bond acceptors (Lipinski definition) is 8. The van der Waals surface area contributed by atoms with Crippen LogP contribution in [0, 0.1) is 6.92 Å². The number of ether oxygens (including phenoxy) is 4. The second-order valence-electron chi connectivity index (χ2n) is 7.84. The van der Waals surface area contributed by atoms with Gasteiger partial charge in [-0.05, 0) is 44.5 Å². The van der Waals surface area contributed by atoms with Crippen molar-refractivity contribution >= 4 is 23.5 Å². The highest BCUT2D eigenvalue weighted by atomic mass is 32.2. The number of carbonyl (C=O) groups is 1. The molecule has 8 nitrogen and oxygen atoms in total. The van der Waals surface area contributed by atoms with Crippen LogP contribution in [0.5, 0.6) is 23.0 Å². The van der Waals surface area contributed by atoms with E-state index in [1.807, 2.05) is 32.0 Å². The average Bonchev–Trinajstić information content (AvgIpc) is 3.05. The zero-order valence-electron chi connectivity index (χ0n) is 19.4. The number of nitrogens with zero attached hydrogens (tertiary/aromatic N) is 2. The van der Waals surface area contributed by atoms with Gasteiger partial charge in [0.05, 0.1) is 31.3 Å². The third-order valence-corrected chi connectivity index (χ3v) is 6.00. The summed E-state index contributed by atoms with van der Waals surface area (Å²) >= 11 is 1.77. The van der Waals surface area contributed by atoms with Crippen molar-refractivity contribution in [2.24, 2.45) is 0 Å². The Labute approximate surface area is 203 Å². The molecule has 1 aromatic heterocycles. The van der Waals surface area contributed by atoms with Gasteiger partial charge in [-0.2, -0.15) is 0 Å². The summed E-state index contributed by atoms with van der Waals surface area (Å²) in [4.78, 5) is 22.4. The first-order valence-corrected chi connectivity index (χ1v) is 12.0. The molecule has 2 aromatic carbocycles. The maximum atomic E-state index is 13.0. The number of thioether (sulfide) groups is 1. The number of nitrogens with one attached hydrogen (secondary N) is 1. The summed E-state index contributed by atoms with van der Waals surface area (Å²) in [6, 6.07) is 10.8. The Hall–Kier alpha value is -3.30. The normalized spacial score (nSPS) is 13.7. The fourth-order valence-electron chi connectivity index (χ4n) is 3.32. The minimum atomic E-state index is -0.352. The monoisotopic (exact) mass is 481 g/mol. The van der Waals surface area contributed by atoms with E-state index in [1.165, 1.54) is 6.20 Å². The zero-order valence-corrected chi connectivity index (χ0v) is 20.2. The fourth-order valence-corrected chi connectivity index (χ4v) is 4.23. The highest BCUT2D eigenvalue weighted by Crippen LogP contribution is 2.37. The first-order chi connectivity index (χ1) is 16.5. The molecule has 1 N–H and O–H groups in total. The summed E-state index contributed by atoms with van der Waals surface area (Å²) in [7, 11) is 1.61. The average molecular weight is 482 g/mol. The van der Waals surface area contributed by atoms with Crippen molar-refractivity contribution in [2.45, 2.75) is 31.3 Å². The Kier molecular flexibility index (Phi) is 7.87. The Balaban J connectivity index is 1.59. The summed E-state index contributed by atoms with van der Waals surface area (Å²) in [5.41, 5.74) is 1.13. The Morgan fingerprint density at radius 1 is 1.15 bits per heavy atom. The van der Waals surface area contributed by atoms with Crippen molar-refractivity contribution in [3.05, 3.63) is 60.0 Å². The quantitative estimate of drug-likeness (QED) is 0.474. The van der Waals surface area contributed by atoms with Gasteiger partial charge < -0.3 is 24.3 Å². The van der Waals surface area contributed by atoms with E-state index in [-0.39, 0.29) is 12.0 Å². The van der Waals surface area contributed by atoms with Crippen LogP contribution in [0.4, 0.5) is 5.82 Å². The highest BCUT2D eigenvalue weighted by Gasteiger charge is 2.15. The molecule has 1 aliphatic heterocycles. The second kappa shape index (κ2) is 11.2. The molecule has 2 heterocycles. The molecular formula is C25H27N3O5S. The molecule has 0 saturated heterocycles. The van der Waals surface area contributed by atoms with Crippen LogP contribution in [-0.2, 0) is 4.74 Å². The third kappa shape index (κ3) is 6.39. The standard InChI is InChI=1S/C25H27N3O5S/c1-16-13-27-24(14-26-16)28-25(29)18-9-20(32-17(2)15-30-3)11-21(10-18)33-19-5-6-23-22(12-19)31-7-4-8-34-23/h5-6,9-14,17H,4,7-8,15H2,1-3H3,(H,27,28,29). The summed E-state index contributed by atoms with van der Waals surface area (Å²) < 4.78 is 23.1. The number of aromatic nitrogens is 2. The number of fused-ring (bicyclic) bond motifs is 1. The lowest BCUT2D eigenvalue weighted by molar-refractivity contribution is 0.0915. The number of rotatable bonds is 8. The van der Waals surface area contributed by atoms with Gasteiger partial charge in [0.15, 0.2) is 5.82 Å². The molecule has 1 atom stereocenters. The van der Waals surface area contributed by atoms with Crippen LogP contribution in [0.25, 0.3) is 0 Å². The summed E-state index contributed by atoms with van der Waals surface area (Å²) in [6.07, 6.45) is 3.89. The molecule has 4 rings (SSSR count). The van der Waals surface area contributed by atoms with Gasteiger partial charge in [0.25, 0.3) is 5.91 Å². The maximum absolute atomic E-state index is 13.0. The third-order valence-electron chi connectivity index (χ3n) is 4.86. The molecule has 0 radical (unpaired) electrons. The molecule has 0 bridgehead atoms. The lowest BCUT2D eigenvalue weighted by Crippen LogP contribution is -2.19. The number of methoxy groups -OCH3 is 1. The second-order valence-corrected chi connectivity index (χ2v) is 8.97. The predicted octanol–water partition coefficient (Wildman–Crippen LogP) is 5.12. The van der Waals surface area contributed by atoms with Crippen molar-refractivity contribution in [3.63, 3.8) is 0 Å². The van der Waals surface area contributed by atoms with E-state index in [4.69, 9.17) is 18.9 Å². The van der Waals surface area contributed by atoms with Gasteiger partial charge in [-0.1, -0.05) is 0 Å². The summed E-state index contributed by atoms with van der Waals surface area (Å²) in [5, 5.41) is 2.76. The molecule has 0 aliphatic carbocycles. The minimum Gasteiger partial charge on any atom is -0.492 e. The van der Waals surface area contributed by atoms with Gasteiger partial charge in [-0.25, -0.2) is 4.98 Å². The van der Waals surface area contributed by atoms with Crippen LogP contribution >= 0.6 is 11.8 Å². The van der Waals surface area contributed by atoms with Crippen molar-refractivity contribution < 1.29 is 23.7 Å². The minimum absolute atomic E-state index is 0.211. The number of benzene rings is 2. The molecule has 0 saturated carbocycles. The van der Waals surface area contributed by atoms with Crippen molar-refractivity contribution in [1.29, 1.82) is 0 Å². The number of anilines is 1. The zero-order chi connectivity index (χ0) is 23.9. The molecule has 0 fully saturated rings. The molecule has 1 amide bonds. The first-order valence-electron chi connectivity index (χ1n) is 11.0. The lowest BCUT2D eigenvalue weighted by Gasteiger charge is -2.16. The van der Waals surface area contributed by atoms with Gasteiger partial charge in [0, 0.05) is 35.5 Å². The van der Waals surface area contributed by atoms with Gasteiger partial charge in [-0.3, -0.25) is 9.78 Å². The van der Waals surface area contributed by atoms with Gasteiger partial charge in [0.1, 0.15) is 29.1 Å². The van der Waals surface area contributed by atoms with Gasteiger partial charge >= 0.3 is 0 Å². The molecule has 0 spiro atoms. The van der Waals surface area contributed by atoms with Crippen molar-refractivity contribution in [2.75, 3.05) is 31.4 Å². The van der Waals surface area contributed by atoms with E-state index in [9.17, 15) is 4.79 Å². The number of amides is 1. The smallest absolute Gasteiger partial charge is 0.257 e. The number of aryl methyl sites for hydroxylation is 1. The van der Waals surface area contributed by atoms with Crippen LogP contribution in [0.3, 0.4) is 0 Å². The van der Waals surface area contributed by atoms with E-state index in [2.05, 4.69) is 15.3 Å². The largest absolute Gasteiger partial charge is 0.492 e.